The Balaban J connectivity index is 1.30. The number of amides is 1. The van der Waals surface area contributed by atoms with Crippen molar-refractivity contribution in [3.8, 4) is 0 Å². The second-order valence-electron chi connectivity index (χ2n) is 24.3. The van der Waals surface area contributed by atoms with Crippen molar-refractivity contribution in [2.75, 3.05) is 26.4 Å². The number of hydrogen-bond donors (Lipinski definition) is 12. The molecule has 510 valence electrons. The van der Waals surface area contributed by atoms with E-state index in [1.807, 2.05) is 0 Å². The first-order chi connectivity index (χ1) is 42.8. The van der Waals surface area contributed by atoms with Crippen molar-refractivity contribution in [2.24, 2.45) is 0 Å². The summed E-state index contributed by atoms with van der Waals surface area (Å²) in [5.74, 6) is -0.248. The summed E-state index contributed by atoms with van der Waals surface area (Å²) in [5.41, 5.74) is 0. The summed E-state index contributed by atoms with van der Waals surface area (Å²) in [6.45, 7) is 1.63. The second-order valence-corrected chi connectivity index (χ2v) is 24.3. The number of nitrogens with one attached hydrogen (secondary N) is 1. The minimum absolute atomic E-state index is 0.248. The molecular weight excluding hydrogens is 1130 g/mol. The van der Waals surface area contributed by atoms with Gasteiger partial charge in [0.25, 0.3) is 0 Å². The summed E-state index contributed by atoms with van der Waals surface area (Å²) in [4.78, 5) is 13.3. The molecular formula is C69H121NO18. The lowest BCUT2D eigenvalue weighted by Crippen LogP contribution is -2.66. The quantitative estimate of drug-likeness (QED) is 0.0200. The van der Waals surface area contributed by atoms with Crippen molar-refractivity contribution < 1.29 is 89.4 Å². The average molecular weight is 1250 g/mol. The third-order valence-corrected chi connectivity index (χ3v) is 16.8. The van der Waals surface area contributed by atoms with E-state index in [1.54, 1.807) is 0 Å². The second kappa shape index (κ2) is 50.7. The number of aliphatic hydroxyl groups is 11. The maximum atomic E-state index is 13.3. The first kappa shape index (κ1) is 79.5. The summed E-state index contributed by atoms with van der Waals surface area (Å²) in [7, 11) is 0. The van der Waals surface area contributed by atoms with Gasteiger partial charge in [-0.3, -0.25) is 4.79 Å². The number of hydrogen-bond acceptors (Lipinski definition) is 18. The van der Waals surface area contributed by atoms with Crippen LogP contribution >= 0.6 is 0 Å². The Morgan fingerprint density at radius 2 is 0.784 bits per heavy atom. The van der Waals surface area contributed by atoms with Crippen LogP contribution in [-0.2, 0) is 33.2 Å². The van der Waals surface area contributed by atoms with Gasteiger partial charge in [0.2, 0.25) is 5.91 Å². The molecule has 3 saturated heterocycles. The number of rotatable bonds is 51. The van der Waals surface area contributed by atoms with Crippen molar-refractivity contribution in [2.45, 2.75) is 330 Å². The van der Waals surface area contributed by atoms with Crippen LogP contribution < -0.4 is 5.32 Å². The standard InChI is InChI=1S/C69H121NO18/c1-3-5-7-9-11-13-14-15-16-17-18-19-20-21-22-23-24-25-26-27-28-29-30-31-32-33-34-35-36-37-38-39-41-43-45-47-57(75)70-52(53(74)46-44-42-40-12-10-8-6-4-2)51-83-67-63(81)60(78)65(55(49-72)85-67)88-69-64(82)61(79)66(56(50-73)86-69)87-68-62(80)59(77)58(76)54(48-71)84-68/h5,7,11,13,15-16,18-19,21-22,24-25,52-56,58-69,71-74,76-82H,3-4,6,8-10,12,14,17,20,23,26-51H2,1-2H3,(H,70,75)/b7-5-,13-11-,16-15-,19-18-,22-21-,25-24-. The highest BCUT2D eigenvalue weighted by Gasteiger charge is 2.53. The normalized spacial score (nSPS) is 28.9. The Morgan fingerprint density at radius 1 is 0.420 bits per heavy atom. The summed E-state index contributed by atoms with van der Waals surface area (Å²) < 4.78 is 34.3. The van der Waals surface area contributed by atoms with Crippen LogP contribution in [-0.4, -0.2) is 193 Å². The Kier molecular flexibility index (Phi) is 45.8. The van der Waals surface area contributed by atoms with Crippen molar-refractivity contribution in [3.63, 3.8) is 0 Å². The molecule has 3 aliphatic rings. The molecule has 3 rings (SSSR count). The number of ether oxygens (including phenoxy) is 6. The van der Waals surface area contributed by atoms with Crippen LogP contribution in [0.2, 0.25) is 0 Å². The van der Waals surface area contributed by atoms with Gasteiger partial charge in [-0.2, -0.15) is 0 Å². The first-order valence-corrected chi connectivity index (χ1v) is 34.2. The first-order valence-electron chi connectivity index (χ1n) is 34.2. The summed E-state index contributed by atoms with van der Waals surface area (Å²) in [5, 5.41) is 120. The lowest BCUT2D eigenvalue weighted by atomic mass is 9.96. The molecule has 1 amide bonds. The molecule has 0 aromatic carbocycles. The number of unbranched alkanes of at least 4 members (excludes halogenated alkanes) is 23. The maximum Gasteiger partial charge on any atom is 0.220 e. The van der Waals surface area contributed by atoms with E-state index in [9.17, 15) is 61.0 Å². The molecule has 3 heterocycles. The van der Waals surface area contributed by atoms with Gasteiger partial charge in [-0.25, -0.2) is 0 Å². The number of carbonyl (C=O) groups is 1. The van der Waals surface area contributed by atoms with Gasteiger partial charge in [0.05, 0.1) is 38.6 Å². The zero-order chi connectivity index (χ0) is 64.0. The molecule has 0 bridgehead atoms. The molecule has 19 heteroatoms. The van der Waals surface area contributed by atoms with Crippen LogP contribution in [0.25, 0.3) is 0 Å². The Bertz CT molecular complexity index is 1880. The Hall–Kier alpha value is -2.77. The summed E-state index contributed by atoms with van der Waals surface area (Å²) in [6.07, 6.45) is 36.1. The van der Waals surface area contributed by atoms with Gasteiger partial charge in [-0.05, 0) is 64.2 Å². The van der Waals surface area contributed by atoms with Gasteiger partial charge < -0.3 is 89.9 Å². The number of allylic oxidation sites excluding steroid dienone is 12. The third-order valence-electron chi connectivity index (χ3n) is 16.8. The van der Waals surface area contributed by atoms with Gasteiger partial charge in [0, 0.05) is 6.42 Å². The lowest BCUT2D eigenvalue weighted by Gasteiger charge is -2.48. The van der Waals surface area contributed by atoms with Crippen LogP contribution in [0.5, 0.6) is 0 Å². The SMILES string of the molecule is CC/C=C\C/C=C\C/C=C\C/C=C\C/C=C\C/C=C\CCCCCCCCCCCCCCCCCCC(=O)NC(COC1OC(CO)C(OC2OC(CO)C(OC3OC(CO)C(O)C(O)C3O)C(O)C2O)C(O)C1O)C(O)CCCCCCCCCC. The van der Waals surface area contributed by atoms with Crippen LogP contribution in [0.15, 0.2) is 72.9 Å². The fourth-order valence-electron chi connectivity index (χ4n) is 11.3. The molecule has 0 saturated carbocycles. The molecule has 0 aliphatic carbocycles. The number of aliphatic hydroxyl groups excluding tert-OH is 11. The summed E-state index contributed by atoms with van der Waals surface area (Å²) in [6, 6.07) is -0.887. The van der Waals surface area contributed by atoms with Gasteiger partial charge in [-0.15, -0.1) is 0 Å². The van der Waals surface area contributed by atoms with Crippen LogP contribution in [0.3, 0.4) is 0 Å². The Morgan fingerprint density at radius 3 is 1.23 bits per heavy atom. The van der Waals surface area contributed by atoms with E-state index in [-0.39, 0.29) is 18.9 Å². The molecule has 0 radical (unpaired) electrons. The molecule has 3 fully saturated rings. The number of carbonyl (C=O) groups excluding carboxylic acids is 1. The molecule has 12 N–H and O–H groups in total. The van der Waals surface area contributed by atoms with Crippen LogP contribution in [0.1, 0.15) is 226 Å². The largest absolute Gasteiger partial charge is 0.394 e. The van der Waals surface area contributed by atoms with E-state index < -0.39 is 124 Å². The molecule has 0 aromatic rings. The van der Waals surface area contributed by atoms with E-state index in [0.717, 1.165) is 89.9 Å². The fourth-order valence-corrected chi connectivity index (χ4v) is 11.3. The molecule has 19 nitrogen and oxygen atoms in total. The maximum absolute atomic E-state index is 13.3. The zero-order valence-electron chi connectivity index (χ0n) is 53.7. The van der Waals surface area contributed by atoms with Gasteiger partial charge >= 0.3 is 0 Å². The zero-order valence-corrected chi connectivity index (χ0v) is 53.7. The predicted molar refractivity (Wildman–Crippen MR) is 341 cm³/mol. The molecule has 0 aromatic heterocycles. The molecule has 17 unspecified atom stereocenters. The van der Waals surface area contributed by atoms with Crippen LogP contribution in [0.4, 0.5) is 0 Å². The topological polar surface area (TPSA) is 307 Å². The van der Waals surface area contributed by atoms with E-state index in [4.69, 9.17) is 28.4 Å². The fraction of sp³-hybridized carbons (Fsp3) is 0.812. The monoisotopic (exact) mass is 1250 g/mol. The van der Waals surface area contributed by atoms with E-state index >= 15 is 0 Å². The van der Waals surface area contributed by atoms with E-state index in [2.05, 4.69) is 92.1 Å². The predicted octanol–water partition coefficient (Wildman–Crippen LogP) is 8.55. The molecule has 0 spiro atoms. The minimum atomic E-state index is -1.97. The van der Waals surface area contributed by atoms with E-state index in [0.29, 0.717) is 12.8 Å². The third kappa shape index (κ3) is 32.7. The van der Waals surface area contributed by atoms with Gasteiger partial charge in [0.15, 0.2) is 18.9 Å². The minimum Gasteiger partial charge on any atom is -0.394 e. The van der Waals surface area contributed by atoms with Crippen molar-refractivity contribution >= 4 is 5.91 Å². The van der Waals surface area contributed by atoms with Crippen molar-refractivity contribution in [1.82, 2.24) is 5.32 Å². The molecule has 88 heavy (non-hydrogen) atoms. The lowest BCUT2D eigenvalue weighted by molar-refractivity contribution is -0.379. The highest BCUT2D eigenvalue weighted by Crippen LogP contribution is 2.33. The van der Waals surface area contributed by atoms with Gasteiger partial charge in [0.1, 0.15) is 73.2 Å². The highest BCUT2D eigenvalue weighted by molar-refractivity contribution is 5.76. The van der Waals surface area contributed by atoms with Gasteiger partial charge in [-0.1, -0.05) is 228 Å². The molecule has 3 aliphatic heterocycles. The average Bonchev–Trinajstić information content (AvgIpc) is 1.15. The summed E-state index contributed by atoms with van der Waals surface area (Å²) >= 11 is 0. The van der Waals surface area contributed by atoms with Crippen molar-refractivity contribution in [1.29, 1.82) is 0 Å². The highest BCUT2D eigenvalue weighted by atomic mass is 16.8. The van der Waals surface area contributed by atoms with Crippen molar-refractivity contribution in [3.05, 3.63) is 72.9 Å². The smallest absolute Gasteiger partial charge is 0.220 e. The molecule has 17 atom stereocenters. The van der Waals surface area contributed by atoms with Crippen LogP contribution in [0, 0.1) is 0 Å². The van der Waals surface area contributed by atoms with E-state index in [1.165, 1.54) is 103 Å². The Labute approximate surface area is 528 Å².